The van der Waals surface area contributed by atoms with Crippen molar-refractivity contribution in [3.63, 3.8) is 0 Å². The van der Waals surface area contributed by atoms with Crippen LogP contribution >= 0.6 is 0 Å². The molecule has 1 saturated heterocycles. The van der Waals surface area contributed by atoms with Crippen LogP contribution in [0.4, 0.5) is 4.39 Å². The second-order valence-corrected chi connectivity index (χ2v) is 10.8. The Labute approximate surface area is 188 Å². The maximum Gasteiger partial charge on any atom is 0.243 e. The van der Waals surface area contributed by atoms with Crippen molar-refractivity contribution >= 4 is 10.0 Å². The Morgan fingerprint density at radius 1 is 1.09 bits per heavy atom. The largest absolute Gasteiger partial charge is 0.339 e. The van der Waals surface area contributed by atoms with E-state index in [1.807, 2.05) is 12.1 Å². The molecule has 0 bridgehead atoms. The molecular weight excluding hydrogens is 429 g/mol. The Balaban J connectivity index is 1.44. The van der Waals surface area contributed by atoms with E-state index in [2.05, 4.69) is 30.9 Å². The van der Waals surface area contributed by atoms with Gasteiger partial charge in [-0.25, -0.2) is 12.8 Å². The second-order valence-electron chi connectivity index (χ2n) is 8.88. The van der Waals surface area contributed by atoms with Crippen LogP contribution in [0.15, 0.2) is 57.9 Å². The molecule has 1 aliphatic heterocycles. The first-order valence-electron chi connectivity index (χ1n) is 10.9. The Morgan fingerprint density at radius 2 is 1.75 bits per heavy atom. The maximum absolute atomic E-state index is 14.0. The summed E-state index contributed by atoms with van der Waals surface area (Å²) in [4.78, 5) is 4.68. The van der Waals surface area contributed by atoms with Crippen LogP contribution < -0.4 is 0 Å². The summed E-state index contributed by atoms with van der Waals surface area (Å²) in [7, 11) is -3.56. The first-order chi connectivity index (χ1) is 15.2. The normalized spacial score (nSPS) is 16.4. The third-order valence-electron chi connectivity index (χ3n) is 6.52. The van der Waals surface area contributed by atoms with Gasteiger partial charge in [-0.15, -0.1) is 0 Å². The zero-order chi connectivity index (χ0) is 22.9. The van der Waals surface area contributed by atoms with Gasteiger partial charge in [-0.05, 0) is 54.5 Å². The monoisotopic (exact) mass is 457 g/mol. The Hall–Kier alpha value is -2.58. The molecule has 170 valence electrons. The van der Waals surface area contributed by atoms with Crippen LogP contribution in [0.5, 0.6) is 0 Å². The molecule has 2 heterocycles. The first kappa shape index (κ1) is 22.6. The summed E-state index contributed by atoms with van der Waals surface area (Å²) in [6.45, 7) is 7.16. The molecule has 0 atom stereocenters. The van der Waals surface area contributed by atoms with Crippen molar-refractivity contribution < 1.29 is 17.3 Å². The third kappa shape index (κ3) is 4.34. The summed E-state index contributed by atoms with van der Waals surface area (Å²) in [5.41, 5.74) is 1.42. The smallest absolute Gasteiger partial charge is 0.243 e. The topological polar surface area (TPSA) is 76.3 Å². The number of piperidine rings is 1. The van der Waals surface area contributed by atoms with E-state index in [1.165, 1.54) is 10.4 Å². The van der Waals surface area contributed by atoms with Crippen LogP contribution in [0.3, 0.4) is 0 Å². The van der Waals surface area contributed by atoms with Crippen LogP contribution in [-0.2, 0) is 15.4 Å². The standard InChI is InChI=1S/C24H28FN3O3S/c1-4-24(2,3)18-9-11-19(12-10-18)32(29,30)28-15-13-17(14-16-28)23-26-22(27-31-23)20-7-5-6-8-21(20)25/h5-12,17H,4,13-16H2,1-3H3. The number of sulfonamides is 1. The van der Waals surface area contributed by atoms with E-state index in [0.29, 0.717) is 36.7 Å². The summed E-state index contributed by atoms with van der Waals surface area (Å²) in [6, 6.07) is 13.5. The van der Waals surface area contributed by atoms with Crippen molar-refractivity contribution in [2.24, 2.45) is 0 Å². The van der Waals surface area contributed by atoms with Gasteiger partial charge in [0.1, 0.15) is 5.82 Å². The van der Waals surface area contributed by atoms with Crippen LogP contribution in [0.1, 0.15) is 57.4 Å². The lowest BCUT2D eigenvalue weighted by molar-refractivity contribution is 0.270. The Morgan fingerprint density at radius 3 is 2.38 bits per heavy atom. The number of hydrogen-bond acceptors (Lipinski definition) is 5. The second kappa shape index (κ2) is 8.75. The molecule has 2 aromatic carbocycles. The van der Waals surface area contributed by atoms with E-state index < -0.39 is 15.8 Å². The van der Waals surface area contributed by atoms with E-state index in [0.717, 1.165) is 12.0 Å². The highest BCUT2D eigenvalue weighted by molar-refractivity contribution is 7.89. The Kier molecular flexibility index (Phi) is 6.18. The zero-order valence-corrected chi connectivity index (χ0v) is 19.4. The molecule has 3 aromatic rings. The summed E-state index contributed by atoms with van der Waals surface area (Å²) >= 11 is 0. The van der Waals surface area contributed by atoms with Gasteiger partial charge in [0.2, 0.25) is 21.7 Å². The van der Waals surface area contributed by atoms with Crippen molar-refractivity contribution in [3.8, 4) is 11.4 Å². The van der Waals surface area contributed by atoms with Gasteiger partial charge in [0.15, 0.2) is 0 Å². The molecule has 0 saturated carbocycles. The third-order valence-corrected chi connectivity index (χ3v) is 8.43. The highest BCUT2D eigenvalue weighted by atomic mass is 32.2. The average molecular weight is 458 g/mol. The molecule has 0 amide bonds. The molecule has 6 nitrogen and oxygen atoms in total. The number of nitrogens with zero attached hydrogens (tertiary/aromatic N) is 3. The van der Waals surface area contributed by atoms with E-state index in [9.17, 15) is 12.8 Å². The molecule has 1 fully saturated rings. The lowest BCUT2D eigenvalue weighted by Crippen LogP contribution is -2.38. The highest BCUT2D eigenvalue weighted by Gasteiger charge is 2.32. The summed E-state index contributed by atoms with van der Waals surface area (Å²) in [5.74, 6) is 0.172. The molecule has 0 spiro atoms. The van der Waals surface area contributed by atoms with Gasteiger partial charge in [0, 0.05) is 19.0 Å². The first-order valence-corrected chi connectivity index (χ1v) is 12.4. The van der Waals surface area contributed by atoms with Crippen molar-refractivity contribution in [2.45, 2.75) is 56.3 Å². The van der Waals surface area contributed by atoms with Gasteiger partial charge < -0.3 is 4.52 Å². The van der Waals surface area contributed by atoms with E-state index in [-0.39, 0.29) is 22.7 Å². The quantitative estimate of drug-likeness (QED) is 0.513. The lowest BCUT2D eigenvalue weighted by Gasteiger charge is -2.30. The summed E-state index contributed by atoms with van der Waals surface area (Å²) < 4.78 is 47.1. The molecule has 4 rings (SSSR count). The molecule has 1 aliphatic rings. The fourth-order valence-corrected chi connectivity index (χ4v) is 5.40. The molecule has 0 unspecified atom stereocenters. The predicted octanol–water partition coefficient (Wildman–Crippen LogP) is 5.13. The molecule has 32 heavy (non-hydrogen) atoms. The molecule has 0 radical (unpaired) electrons. The predicted molar refractivity (Wildman–Crippen MR) is 120 cm³/mol. The molecule has 1 aromatic heterocycles. The lowest BCUT2D eigenvalue weighted by atomic mass is 9.82. The molecular formula is C24H28FN3O3S. The number of benzene rings is 2. The average Bonchev–Trinajstić information content (AvgIpc) is 3.29. The minimum absolute atomic E-state index is 0.00618. The molecule has 0 N–H and O–H groups in total. The molecule has 0 aliphatic carbocycles. The van der Waals surface area contributed by atoms with Crippen molar-refractivity contribution in [1.29, 1.82) is 0 Å². The molecule has 8 heteroatoms. The zero-order valence-electron chi connectivity index (χ0n) is 18.6. The number of rotatable bonds is 6. The van der Waals surface area contributed by atoms with Crippen LogP contribution in [0.2, 0.25) is 0 Å². The van der Waals surface area contributed by atoms with Gasteiger partial charge in [0.25, 0.3) is 0 Å². The van der Waals surface area contributed by atoms with Crippen molar-refractivity contribution in [2.75, 3.05) is 13.1 Å². The van der Waals surface area contributed by atoms with Crippen LogP contribution in [0, 0.1) is 5.82 Å². The maximum atomic E-state index is 14.0. The van der Waals surface area contributed by atoms with Gasteiger partial charge in [0.05, 0.1) is 10.5 Å². The van der Waals surface area contributed by atoms with Gasteiger partial charge in [-0.3, -0.25) is 0 Å². The highest BCUT2D eigenvalue weighted by Crippen LogP contribution is 2.32. The van der Waals surface area contributed by atoms with E-state index in [4.69, 9.17) is 4.52 Å². The van der Waals surface area contributed by atoms with E-state index >= 15 is 0 Å². The number of aromatic nitrogens is 2. The van der Waals surface area contributed by atoms with Crippen molar-refractivity contribution in [1.82, 2.24) is 14.4 Å². The van der Waals surface area contributed by atoms with Gasteiger partial charge in [-0.1, -0.05) is 50.2 Å². The summed E-state index contributed by atoms with van der Waals surface area (Å²) in [6.07, 6.45) is 2.11. The van der Waals surface area contributed by atoms with Crippen LogP contribution in [0.25, 0.3) is 11.4 Å². The van der Waals surface area contributed by atoms with Gasteiger partial charge in [-0.2, -0.15) is 9.29 Å². The minimum atomic E-state index is -3.56. The number of hydrogen-bond donors (Lipinski definition) is 0. The van der Waals surface area contributed by atoms with E-state index in [1.54, 1.807) is 30.3 Å². The van der Waals surface area contributed by atoms with Crippen molar-refractivity contribution in [3.05, 3.63) is 65.8 Å². The van der Waals surface area contributed by atoms with Crippen LogP contribution in [-0.4, -0.2) is 36.0 Å². The Bertz CT molecular complexity index is 1180. The number of halogens is 1. The minimum Gasteiger partial charge on any atom is -0.339 e. The SMILES string of the molecule is CCC(C)(C)c1ccc(S(=O)(=O)N2CCC(c3nc(-c4ccccc4F)no3)CC2)cc1. The fourth-order valence-electron chi connectivity index (χ4n) is 3.93. The fraction of sp³-hybridized carbons (Fsp3) is 0.417. The summed E-state index contributed by atoms with van der Waals surface area (Å²) in [5, 5.41) is 3.91. The van der Waals surface area contributed by atoms with Gasteiger partial charge >= 0.3 is 0 Å².